The molecule has 4 saturated carbocycles. The molecule has 0 radical (unpaired) electrons. The third-order valence-electron chi connectivity index (χ3n) is 11.0. The zero-order chi connectivity index (χ0) is 25.7. The molecule has 6 fully saturated rings. The normalized spacial score (nSPS) is 43.9. The van der Waals surface area contributed by atoms with Crippen LogP contribution in [0.25, 0.3) is 0 Å². The van der Waals surface area contributed by atoms with E-state index in [1.165, 1.54) is 12.0 Å². The molecular formula is C27H28N4O6. The highest BCUT2D eigenvalue weighted by atomic mass is 16.7. The molecule has 3 spiro atoms. The third kappa shape index (κ3) is 1.83. The average molecular weight is 505 g/mol. The highest BCUT2D eigenvalue weighted by molar-refractivity contribution is 6.09. The number of carbonyl (C=O) groups excluding carboxylic acids is 2. The Morgan fingerprint density at radius 1 is 1.30 bits per heavy atom. The monoisotopic (exact) mass is 504 g/mol. The fourth-order valence-electron chi connectivity index (χ4n) is 10.4. The lowest BCUT2D eigenvalue weighted by atomic mass is 9.40. The first kappa shape index (κ1) is 21.8. The van der Waals surface area contributed by atoms with Gasteiger partial charge in [-0.05, 0) is 62.6 Å². The molecule has 37 heavy (non-hydrogen) atoms. The van der Waals surface area contributed by atoms with E-state index in [1.54, 1.807) is 6.92 Å². The topological polar surface area (TPSA) is 138 Å². The van der Waals surface area contributed by atoms with Gasteiger partial charge in [-0.25, -0.2) is 4.79 Å². The summed E-state index contributed by atoms with van der Waals surface area (Å²) in [4.78, 5) is 32.2. The molecule has 192 valence electrons. The number of ketones is 1. The van der Waals surface area contributed by atoms with Gasteiger partial charge in [-0.2, -0.15) is 5.26 Å². The number of ether oxygens (including phenoxy) is 3. The minimum absolute atomic E-state index is 0.0171. The molecule has 0 aromatic heterocycles. The van der Waals surface area contributed by atoms with Crippen molar-refractivity contribution in [2.75, 3.05) is 25.3 Å². The molecule has 2 saturated heterocycles. The van der Waals surface area contributed by atoms with Gasteiger partial charge >= 0.3 is 6.09 Å². The number of nitrogens with zero attached hydrogens (tertiary/aromatic N) is 3. The number of anilines is 1. The quantitative estimate of drug-likeness (QED) is 0.547. The number of carbonyl (C=O) groups is 2. The molecule has 4 heterocycles. The molecule has 1 amide bonds. The lowest BCUT2D eigenvalue weighted by Gasteiger charge is -2.69. The molecule has 8 aliphatic rings. The number of rotatable bonds is 1. The van der Waals surface area contributed by atoms with Gasteiger partial charge in [0.2, 0.25) is 6.79 Å². The van der Waals surface area contributed by atoms with E-state index in [1.807, 2.05) is 12.1 Å². The smallest absolute Gasteiger partial charge is 0.414 e. The zero-order valence-corrected chi connectivity index (χ0v) is 20.7. The summed E-state index contributed by atoms with van der Waals surface area (Å²) in [5.74, 6) is -0.0870. The summed E-state index contributed by atoms with van der Waals surface area (Å²) in [6.45, 7) is 2.43. The van der Waals surface area contributed by atoms with Crippen molar-refractivity contribution in [1.82, 2.24) is 4.90 Å². The highest BCUT2D eigenvalue weighted by Gasteiger charge is 2.95. The van der Waals surface area contributed by atoms with E-state index in [2.05, 4.69) is 11.0 Å². The maximum Gasteiger partial charge on any atom is 0.414 e. The Labute approximate surface area is 213 Å². The van der Waals surface area contributed by atoms with Crippen molar-refractivity contribution in [3.05, 3.63) is 29.0 Å². The summed E-state index contributed by atoms with van der Waals surface area (Å²) < 4.78 is 16.9. The first-order valence-electron chi connectivity index (χ1n) is 13.0. The van der Waals surface area contributed by atoms with Gasteiger partial charge in [0.15, 0.2) is 17.3 Å². The van der Waals surface area contributed by atoms with Crippen LogP contribution in [0.15, 0.2) is 23.4 Å². The van der Waals surface area contributed by atoms with Crippen LogP contribution in [0.3, 0.4) is 0 Å². The molecule has 4 bridgehead atoms. The van der Waals surface area contributed by atoms with E-state index in [9.17, 15) is 20.0 Å². The molecule has 0 unspecified atom stereocenters. The third-order valence-corrected chi connectivity index (χ3v) is 11.0. The minimum atomic E-state index is -1.79. The molecule has 3 N–H and O–H groups in total. The predicted octanol–water partition coefficient (Wildman–Crippen LogP) is 1.70. The number of piperidine rings is 1. The SMILES string of the molecule is COC(=O)N1c2c(ccc3c2OCO3)[C@]23[C@H]4C(=O)[C@@]5(O)C[C@@]6(CCCN([C@H]4/C(C#N)=C(\C)N)[C@@H]62)CC[C@]135. The van der Waals surface area contributed by atoms with Crippen molar-refractivity contribution >= 4 is 17.6 Å². The Morgan fingerprint density at radius 3 is 2.84 bits per heavy atom. The number of amides is 1. The minimum Gasteiger partial charge on any atom is -0.454 e. The van der Waals surface area contributed by atoms with Crippen molar-refractivity contribution in [2.24, 2.45) is 17.1 Å². The molecule has 10 heteroatoms. The number of allylic oxidation sites excluding steroid dienone is 1. The molecule has 1 aromatic rings. The van der Waals surface area contributed by atoms with Gasteiger partial charge in [-0.1, -0.05) is 6.07 Å². The van der Waals surface area contributed by atoms with Gasteiger partial charge < -0.3 is 25.1 Å². The van der Waals surface area contributed by atoms with Gasteiger partial charge in [0.05, 0.1) is 47.4 Å². The second-order valence-corrected chi connectivity index (χ2v) is 11.9. The summed E-state index contributed by atoms with van der Waals surface area (Å²) in [5.41, 5.74) is 4.02. The second-order valence-electron chi connectivity index (χ2n) is 11.9. The van der Waals surface area contributed by atoms with Crippen molar-refractivity contribution in [3.8, 4) is 17.6 Å². The number of nitrogens with two attached hydrogens (primary N) is 1. The van der Waals surface area contributed by atoms with Crippen molar-refractivity contribution < 1.29 is 28.9 Å². The first-order valence-corrected chi connectivity index (χ1v) is 13.0. The number of methoxy groups -OCH3 is 1. The summed E-state index contributed by atoms with van der Waals surface area (Å²) in [6, 6.07) is 5.36. The standard InChI is InChI=1S/C27H28N4O6/c1-13(29)14(10-28)18-17-21(32)25(34)11-24-6-3-9-30(18)22(24)27(17)15-4-5-16-20(37-12-36-16)19(15)31(23(33)35-2)26(25,27)8-7-24/h4-5,17-18,22,34H,3,6-9,11-12,29H2,1-2H3/b14-13+/t17-,18+,22+,24-,25+,26-,27+/m1/s1. The van der Waals surface area contributed by atoms with Gasteiger partial charge in [-0.3, -0.25) is 14.6 Å². The van der Waals surface area contributed by atoms with E-state index in [0.29, 0.717) is 47.8 Å². The molecule has 7 atom stereocenters. The summed E-state index contributed by atoms with van der Waals surface area (Å²) in [6.07, 6.45) is 2.66. The first-order chi connectivity index (χ1) is 17.7. The Balaban J connectivity index is 1.55. The predicted molar refractivity (Wildman–Crippen MR) is 128 cm³/mol. The highest BCUT2D eigenvalue weighted by Crippen LogP contribution is 2.84. The Bertz CT molecular complexity index is 1410. The van der Waals surface area contributed by atoms with Gasteiger partial charge in [0.1, 0.15) is 5.60 Å². The van der Waals surface area contributed by atoms with Crippen LogP contribution in [0.2, 0.25) is 0 Å². The lowest BCUT2D eigenvalue weighted by molar-refractivity contribution is -0.196. The number of Topliss-reactive ketones (excluding diaryl/α,β-unsaturated/α-hetero) is 1. The van der Waals surface area contributed by atoms with Crippen molar-refractivity contribution in [3.63, 3.8) is 0 Å². The number of hydrogen-bond donors (Lipinski definition) is 2. The maximum absolute atomic E-state index is 14.7. The number of benzene rings is 1. The van der Waals surface area contributed by atoms with Crippen LogP contribution in [0, 0.1) is 22.7 Å². The lowest BCUT2D eigenvalue weighted by Crippen LogP contribution is -2.82. The van der Waals surface area contributed by atoms with Gasteiger partial charge in [-0.15, -0.1) is 0 Å². The van der Waals surface area contributed by atoms with Crippen LogP contribution >= 0.6 is 0 Å². The maximum atomic E-state index is 14.7. The van der Waals surface area contributed by atoms with E-state index in [4.69, 9.17) is 19.9 Å². The van der Waals surface area contributed by atoms with E-state index < -0.39 is 34.6 Å². The van der Waals surface area contributed by atoms with E-state index in [0.717, 1.165) is 24.8 Å². The fourth-order valence-corrected chi connectivity index (χ4v) is 10.4. The number of nitriles is 1. The van der Waals surface area contributed by atoms with Crippen molar-refractivity contribution in [2.45, 2.75) is 67.7 Å². The molecule has 4 aliphatic heterocycles. The number of fused-ring (bicyclic) bond motifs is 4. The van der Waals surface area contributed by atoms with Gasteiger partial charge in [0, 0.05) is 11.7 Å². The summed E-state index contributed by atoms with van der Waals surface area (Å²) in [5, 5.41) is 23.0. The molecule has 10 nitrogen and oxygen atoms in total. The van der Waals surface area contributed by atoms with Crippen LogP contribution < -0.4 is 20.1 Å². The molecule has 9 rings (SSSR count). The zero-order valence-electron chi connectivity index (χ0n) is 20.7. The molecule has 1 aromatic carbocycles. The second kappa shape index (κ2) is 6.22. The number of hydrogen-bond acceptors (Lipinski definition) is 9. The Morgan fingerprint density at radius 2 is 2.11 bits per heavy atom. The molecular weight excluding hydrogens is 476 g/mol. The average Bonchev–Trinajstić information content (AvgIpc) is 3.57. The van der Waals surface area contributed by atoms with Crippen molar-refractivity contribution in [1.29, 1.82) is 5.26 Å². The van der Waals surface area contributed by atoms with Crippen LogP contribution in [0.1, 0.15) is 44.6 Å². The van der Waals surface area contributed by atoms with Crippen LogP contribution in [-0.4, -0.2) is 65.6 Å². The van der Waals surface area contributed by atoms with E-state index in [-0.39, 0.29) is 24.0 Å². The van der Waals surface area contributed by atoms with Crippen LogP contribution in [0.5, 0.6) is 11.5 Å². The summed E-state index contributed by atoms with van der Waals surface area (Å²) in [7, 11) is 1.31. The van der Waals surface area contributed by atoms with Gasteiger partial charge in [0.25, 0.3) is 0 Å². The summed E-state index contributed by atoms with van der Waals surface area (Å²) >= 11 is 0. The Kier molecular flexibility index (Phi) is 3.66. The Hall–Kier alpha value is -3.29. The largest absolute Gasteiger partial charge is 0.454 e. The molecule has 4 aliphatic carbocycles. The number of aliphatic hydroxyl groups is 1. The van der Waals surface area contributed by atoms with E-state index >= 15 is 0 Å². The fraction of sp³-hybridized carbons (Fsp3) is 0.593. The van der Waals surface area contributed by atoms with Crippen LogP contribution in [-0.2, 0) is 14.9 Å². The van der Waals surface area contributed by atoms with Crippen LogP contribution in [0.4, 0.5) is 10.5 Å².